The number of thioether (sulfide) groups is 1. The topological polar surface area (TPSA) is 75.6 Å². The average molecular weight is 261 g/mol. The molecule has 2 unspecified atom stereocenters. The van der Waals surface area contributed by atoms with Crippen molar-refractivity contribution < 1.29 is 19.4 Å². The van der Waals surface area contributed by atoms with Gasteiger partial charge in [-0.1, -0.05) is 0 Å². The smallest absolute Gasteiger partial charge is 0.327 e. The summed E-state index contributed by atoms with van der Waals surface area (Å²) in [6.45, 7) is 2.13. The van der Waals surface area contributed by atoms with Crippen LogP contribution in [0.25, 0.3) is 0 Å². The van der Waals surface area contributed by atoms with Gasteiger partial charge >= 0.3 is 5.97 Å². The van der Waals surface area contributed by atoms with Gasteiger partial charge in [-0.3, -0.25) is 4.79 Å². The first-order valence-corrected chi connectivity index (χ1v) is 6.94. The molecular formula is C11H19NO4S. The van der Waals surface area contributed by atoms with Crippen LogP contribution in [-0.2, 0) is 14.3 Å². The fourth-order valence-electron chi connectivity index (χ4n) is 1.68. The zero-order chi connectivity index (χ0) is 12.7. The summed E-state index contributed by atoms with van der Waals surface area (Å²) in [5, 5.41) is 11.3. The molecule has 1 aliphatic rings. The minimum atomic E-state index is -0.989. The van der Waals surface area contributed by atoms with Crippen LogP contribution in [0.2, 0.25) is 0 Å². The second kappa shape index (κ2) is 7.55. The van der Waals surface area contributed by atoms with E-state index in [0.717, 1.165) is 25.2 Å². The van der Waals surface area contributed by atoms with Crippen molar-refractivity contribution in [3.05, 3.63) is 0 Å². The lowest BCUT2D eigenvalue weighted by molar-refractivity contribution is -0.140. The van der Waals surface area contributed by atoms with Crippen molar-refractivity contribution in [1.29, 1.82) is 0 Å². The third-order valence-corrected chi connectivity index (χ3v) is 3.71. The summed E-state index contributed by atoms with van der Waals surface area (Å²) in [7, 11) is 0. The maximum absolute atomic E-state index is 10.9. The standard InChI is InChI=1S/C11H19NO4S/c1-8(13)12-10(11(14)15)7-17-6-9-4-2-3-5-16-9/h9-10H,2-7H2,1H3,(H,12,13)(H,14,15). The Morgan fingerprint density at radius 1 is 1.53 bits per heavy atom. The highest BCUT2D eigenvalue weighted by Crippen LogP contribution is 2.17. The first kappa shape index (κ1) is 14.3. The molecule has 1 amide bonds. The zero-order valence-electron chi connectivity index (χ0n) is 9.98. The molecule has 0 saturated carbocycles. The normalized spacial score (nSPS) is 21.8. The van der Waals surface area contributed by atoms with Crippen molar-refractivity contribution in [2.75, 3.05) is 18.1 Å². The molecular weight excluding hydrogens is 242 g/mol. The molecule has 0 spiro atoms. The number of carboxylic acid groups (broad SMARTS) is 1. The van der Waals surface area contributed by atoms with Gasteiger partial charge in [0, 0.05) is 25.0 Å². The Labute approximate surface area is 105 Å². The Morgan fingerprint density at radius 3 is 2.82 bits per heavy atom. The molecule has 2 atom stereocenters. The van der Waals surface area contributed by atoms with Crippen LogP contribution in [0.4, 0.5) is 0 Å². The number of carboxylic acids is 1. The molecule has 17 heavy (non-hydrogen) atoms. The van der Waals surface area contributed by atoms with Crippen molar-refractivity contribution in [3.63, 3.8) is 0 Å². The van der Waals surface area contributed by atoms with Gasteiger partial charge in [-0.25, -0.2) is 4.79 Å². The van der Waals surface area contributed by atoms with E-state index in [4.69, 9.17) is 9.84 Å². The van der Waals surface area contributed by atoms with Crippen LogP contribution in [0.1, 0.15) is 26.2 Å². The van der Waals surface area contributed by atoms with Crippen molar-refractivity contribution in [2.45, 2.75) is 38.3 Å². The predicted octanol–water partition coefficient (Wildman–Crippen LogP) is 0.878. The van der Waals surface area contributed by atoms with Gasteiger partial charge in [-0.15, -0.1) is 0 Å². The zero-order valence-corrected chi connectivity index (χ0v) is 10.8. The quantitative estimate of drug-likeness (QED) is 0.742. The van der Waals surface area contributed by atoms with Crippen LogP contribution in [0, 0.1) is 0 Å². The number of carbonyl (C=O) groups is 2. The lowest BCUT2D eigenvalue weighted by Crippen LogP contribution is -2.41. The van der Waals surface area contributed by atoms with E-state index in [-0.39, 0.29) is 12.0 Å². The van der Waals surface area contributed by atoms with E-state index in [0.29, 0.717) is 5.75 Å². The fraction of sp³-hybridized carbons (Fsp3) is 0.818. The van der Waals surface area contributed by atoms with Crippen molar-refractivity contribution in [3.8, 4) is 0 Å². The molecule has 1 saturated heterocycles. The summed E-state index contributed by atoms with van der Waals surface area (Å²) in [6, 6.07) is -0.805. The molecule has 1 rings (SSSR count). The lowest BCUT2D eigenvalue weighted by atomic mass is 10.1. The number of amides is 1. The Bertz CT molecular complexity index is 266. The molecule has 0 aromatic heterocycles. The van der Waals surface area contributed by atoms with Crippen molar-refractivity contribution in [2.24, 2.45) is 0 Å². The first-order valence-electron chi connectivity index (χ1n) is 5.79. The van der Waals surface area contributed by atoms with E-state index in [1.807, 2.05) is 0 Å². The Balaban J connectivity index is 2.21. The molecule has 6 heteroatoms. The van der Waals surface area contributed by atoms with E-state index in [2.05, 4.69) is 5.32 Å². The molecule has 0 bridgehead atoms. The summed E-state index contributed by atoms with van der Waals surface area (Å²) in [6.07, 6.45) is 3.58. The van der Waals surface area contributed by atoms with Crippen molar-refractivity contribution in [1.82, 2.24) is 5.32 Å². The average Bonchev–Trinajstić information content (AvgIpc) is 2.28. The van der Waals surface area contributed by atoms with Gasteiger partial charge < -0.3 is 15.2 Å². The van der Waals surface area contributed by atoms with Gasteiger partial charge in [0.25, 0.3) is 0 Å². The molecule has 98 valence electrons. The van der Waals surface area contributed by atoms with E-state index in [1.165, 1.54) is 25.1 Å². The number of hydrogen-bond donors (Lipinski definition) is 2. The number of carbonyl (C=O) groups excluding carboxylic acids is 1. The number of nitrogens with one attached hydrogen (secondary N) is 1. The Morgan fingerprint density at radius 2 is 2.29 bits per heavy atom. The number of hydrogen-bond acceptors (Lipinski definition) is 4. The lowest BCUT2D eigenvalue weighted by Gasteiger charge is -2.22. The maximum Gasteiger partial charge on any atom is 0.327 e. The van der Waals surface area contributed by atoms with Gasteiger partial charge in [-0.2, -0.15) is 11.8 Å². The van der Waals surface area contributed by atoms with E-state index in [1.54, 1.807) is 0 Å². The largest absolute Gasteiger partial charge is 0.480 e. The van der Waals surface area contributed by atoms with Crippen LogP contribution >= 0.6 is 11.8 Å². The van der Waals surface area contributed by atoms with Gasteiger partial charge in [0.05, 0.1) is 6.10 Å². The van der Waals surface area contributed by atoms with Crippen molar-refractivity contribution >= 4 is 23.6 Å². The molecule has 0 aromatic carbocycles. The van der Waals surface area contributed by atoms with Crippen LogP contribution in [0.3, 0.4) is 0 Å². The minimum Gasteiger partial charge on any atom is -0.480 e. The summed E-state index contributed by atoms with van der Waals surface area (Å²) >= 11 is 1.52. The third kappa shape index (κ3) is 5.93. The highest BCUT2D eigenvalue weighted by atomic mass is 32.2. The first-order chi connectivity index (χ1) is 8.09. The third-order valence-electron chi connectivity index (χ3n) is 2.54. The van der Waals surface area contributed by atoms with Gasteiger partial charge in [0.2, 0.25) is 5.91 Å². The predicted molar refractivity (Wildman–Crippen MR) is 66.2 cm³/mol. The highest BCUT2D eigenvalue weighted by molar-refractivity contribution is 7.99. The number of rotatable bonds is 6. The summed E-state index contributed by atoms with van der Waals surface area (Å²) in [4.78, 5) is 21.7. The fourth-order valence-corrected chi connectivity index (χ4v) is 2.80. The molecule has 1 aliphatic heterocycles. The van der Waals surface area contributed by atoms with Gasteiger partial charge in [-0.05, 0) is 19.3 Å². The summed E-state index contributed by atoms with van der Waals surface area (Å²) in [5.41, 5.74) is 0. The van der Waals surface area contributed by atoms with Crippen LogP contribution < -0.4 is 5.32 Å². The molecule has 0 aromatic rings. The van der Waals surface area contributed by atoms with E-state index in [9.17, 15) is 9.59 Å². The highest BCUT2D eigenvalue weighted by Gasteiger charge is 2.20. The number of ether oxygens (including phenoxy) is 1. The minimum absolute atomic E-state index is 0.237. The summed E-state index contributed by atoms with van der Waals surface area (Å²) in [5.74, 6) is -0.123. The SMILES string of the molecule is CC(=O)NC(CSCC1CCCCO1)C(=O)O. The van der Waals surface area contributed by atoms with Crippen LogP contribution in [0.15, 0.2) is 0 Å². The molecule has 0 radical (unpaired) electrons. The second-order valence-corrected chi connectivity index (χ2v) is 5.19. The molecule has 2 N–H and O–H groups in total. The number of aliphatic carboxylic acids is 1. The molecule has 1 heterocycles. The van der Waals surface area contributed by atoms with E-state index >= 15 is 0 Å². The molecule has 0 aliphatic carbocycles. The monoisotopic (exact) mass is 261 g/mol. The van der Waals surface area contributed by atoms with Crippen LogP contribution in [-0.4, -0.2) is 47.2 Å². The van der Waals surface area contributed by atoms with Gasteiger partial charge in [0.15, 0.2) is 0 Å². The Hall–Kier alpha value is -0.750. The van der Waals surface area contributed by atoms with E-state index < -0.39 is 12.0 Å². The maximum atomic E-state index is 10.9. The van der Waals surface area contributed by atoms with Gasteiger partial charge in [0.1, 0.15) is 6.04 Å². The second-order valence-electron chi connectivity index (χ2n) is 4.12. The van der Waals surface area contributed by atoms with Crippen LogP contribution in [0.5, 0.6) is 0 Å². The molecule has 5 nitrogen and oxygen atoms in total. The molecule has 1 fully saturated rings. The Kier molecular flexibility index (Phi) is 6.36. The summed E-state index contributed by atoms with van der Waals surface area (Å²) < 4.78 is 5.55.